The van der Waals surface area contributed by atoms with Crippen LogP contribution in [0.25, 0.3) is 0 Å². The van der Waals surface area contributed by atoms with E-state index in [2.05, 4.69) is 64.7 Å². The van der Waals surface area contributed by atoms with Gasteiger partial charge in [0, 0.05) is 32.8 Å². The van der Waals surface area contributed by atoms with Crippen LogP contribution >= 0.6 is 24.0 Å². The van der Waals surface area contributed by atoms with E-state index in [9.17, 15) is 0 Å². The van der Waals surface area contributed by atoms with Crippen LogP contribution in [-0.2, 0) is 11.2 Å². The van der Waals surface area contributed by atoms with Crippen molar-refractivity contribution in [2.45, 2.75) is 33.2 Å². The third kappa shape index (κ3) is 10.0. The van der Waals surface area contributed by atoms with Crippen LogP contribution < -0.4 is 10.6 Å². The monoisotopic (exact) mass is 462 g/mol. The topological polar surface area (TPSA) is 48.9 Å². The minimum absolute atomic E-state index is 0. The highest BCUT2D eigenvalue weighted by molar-refractivity contribution is 14.0. The molecule has 5 nitrogen and oxygen atoms in total. The molecule has 0 saturated heterocycles. The molecule has 25 heavy (non-hydrogen) atoms. The summed E-state index contributed by atoms with van der Waals surface area (Å²) in [7, 11) is 1.81. The fourth-order valence-corrected chi connectivity index (χ4v) is 2.78. The van der Waals surface area contributed by atoms with E-state index in [1.165, 1.54) is 5.56 Å². The van der Waals surface area contributed by atoms with Crippen LogP contribution in [0.2, 0.25) is 0 Å². The Morgan fingerprint density at radius 2 is 1.80 bits per heavy atom. The predicted molar refractivity (Wildman–Crippen MR) is 118 cm³/mol. The lowest BCUT2D eigenvalue weighted by Gasteiger charge is -2.30. The molecule has 0 aliphatic carbocycles. The first-order valence-electron chi connectivity index (χ1n) is 9.05. The summed E-state index contributed by atoms with van der Waals surface area (Å²) in [5.74, 6) is 0.833. The molecule has 1 aromatic rings. The number of rotatable bonds is 11. The summed E-state index contributed by atoms with van der Waals surface area (Å²) in [5.41, 5.74) is 1.37. The van der Waals surface area contributed by atoms with E-state index in [1.54, 1.807) is 7.05 Å². The number of benzene rings is 1. The van der Waals surface area contributed by atoms with Gasteiger partial charge in [0.15, 0.2) is 5.96 Å². The quantitative estimate of drug-likeness (QED) is 0.230. The van der Waals surface area contributed by atoms with E-state index in [1.807, 2.05) is 6.92 Å². The second-order valence-corrected chi connectivity index (χ2v) is 5.64. The Morgan fingerprint density at radius 1 is 1.12 bits per heavy atom. The molecular weight excluding hydrogens is 427 g/mol. The number of likely N-dealkylation sites (N-methyl/N-ethyl adjacent to an activating group) is 1. The Morgan fingerprint density at radius 3 is 2.36 bits per heavy atom. The third-order valence-electron chi connectivity index (χ3n) is 4.11. The van der Waals surface area contributed by atoms with Gasteiger partial charge in [-0.3, -0.25) is 9.89 Å². The van der Waals surface area contributed by atoms with Crippen molar-refractivity contribution >= 4 is 29.9 Å². The molecule has 0 saturated carbocycles. The molecule has 0 radical (unpaired) electrons. The minimum Gasteiger partial charge on any atom is -0.380 e. The fraction of sp³-hybridized carbons (Fsp3) is 0.632. The first-order chi connectivity index (χ1) is 11.7. The lowest BCUT2D eigenvalue weighted by Crippen LogP contribution is -2.48. The molecule has 1 aromatic carbocycles. The first kappa shape index (κ1) is 24.1. The van der Waals surface area contributed by atoms with Crippen molar-refractivity contribution in [2.75, 3.05) is 46.4 Å². The average molecular weight is 462 g/mol. The number of aliphatic imine (C=N–C) groups is 1. The van der Waals surface area contributed by atoms with Gasteiger partial charge in [-0.15, -0.1) is 24.0 Å². The maximum atomic E-state index is 5.35. The van der Waals surface area contributed by atoms with Crippen molar-refractivity contribution in [3.05, 3.63) is 35.9 Å². The molecule has 0 aliphatic heterocycles. The van der Waals surface area contributed by atoms with Gasteiger partial charge in [0.1, 0.15) is 0 Å². The van der Waals surface area contributed by atoms with E-state index < -0.39 is 0 Å². The number of hydrogen-bond donors (Lipinski definition) is 2. The van der Waals surface area contributed by atoms with Crippen molar-refractivity contribution in [3.63, 3.8) is 0 Å². The van der Waals surface area contributed by atoms with Gasteiger partial charge in [0.05, 0.1) is 6.61 Å². The second kappa shape index (κ2) is 15.4. The third-order valence-corrected chi connectivity index (χ3v) is 4.11. The van der Waals surface area contributed by atoms with Crippen molar-refractivity contribution in [1.29, 1.82) is 0 Å². The van der Waals surface area contributed by atoms with Crippen LogP contribution in [0.15, 0.2) is 35.3 Å². The lowest BCUT2D eigenvalue weighted by molar-refractivity contribution is 0.152. The van der Waals surface area contributed by atoms with E-state index in [-0.39, 0.29) is 24.0 Å². The summed E-state index contributed by atoms with van der Waals surface area (Å²) >= 11 is 0. The molecule has 6 heteroatoms. The highest BCUT2D eigenvalue weighted by Crippen LogP contribution is 2.08. The second-order valence-electron chi connectivity index (χ2n) is 5.64. The van der Waals surface area contributed by atoms with Crippen LogP contribution in [0, 0.1) is 0 Å². The van der Waals surface area contributed by atoms with Gasteiger partial charge < -0.3 is 15.4 Å². The number of ether oxygens (including phenoxy) is 1. The van der Waals surface area contributed by atoms with Crippen LogP contribution in [0.3, 0.4) is 0 Å². The van der Waals surface area contributed by atoms with Crippen molar-refractivity contribution in [2.24, 2.45) is 4.99 Å². The minimum atomic E-state index is 0. The van der Waals surface area contributed by atoms with E-state index in [0.29, 0.717) is 12.6 Å². The molecule has 1 unspecified atom stereocenters. The fourth-order valence-electron chi connectivity index (χ4n) is 2.78. The zero-order valence-electron chi connectivity index (χ0n) is 16.1. The zero-order valence-corrected chi connectivity index (χ0v) is 18.5. The van der Waals surface area contributed by atoms with E-state index in [4.69, 9.17) is 4.74 Å². The average Bonchev–Trinajstić information content (AvgIpc) is 2.62. The molecule has 0 aromatic heterocycles. The molecular formula is C19H35IN4O. The summed E-state index contributed by atoms with van der Waals surface area (Å²) < 4.78 is 5.35. The van der Waals surface area contributed by atoms with Gasteiger partial charge in [-0.2, -0.15) is 0 Å². The zero-order chi connectivity index (χ0) is 17.6. The van der Waals surface area contributed by atoms with Gasteiger partial charge in [-0.25, -0.2) is 0 Å². The maximum Gasteiger partial charge on any atom is 0.191 e. The van der Waals surface area contributed by atoms with Crippen LogP contribution in [0.5, 0.6) is 0 Å². The first-order valence-corrected chi connectivity index (χ1v) is 9.05. The SMILES string of the molecule is CCOCCNC(=NC)NCC(Cc1ccccc1)N(CC)CC.I. The molecule has 0 aliphatic rings. The Labute approximate surface area is 170 Å². The predicted octanol–water partition coefficient (Wildman–Crippen LogP) is 2.76. The number of nitrogens with zero attached hydrogens (tertiary/aromatic N) is 2. The normalized spacial score (nSPS) is 12.6. The number of guanidine groups is 1. The summed E-state index contributed by atoms with van der Waals surface area (Å²) in [6.45, 7) is 11.6. The van der Waals surface area contributed by atoms with Gasteiger partial charge in [-0.1, -0.05) is 44.2 Å². The van der Waals surface area contributed by atoms with E-state index in [0.717, 1.165) is 45.2 Å². The van der Waals surface area contributed by atoms with Crippen LogP contribution in [-0.4, -0.2) is 63.3 Å². The Hall–Kier alpha value is -0.860. The molecule has 144 valence electrons. The molecule has 0 fully saturated rings. The van der Waals surface area contributed by atoms with Gasteiger partial charge in [-0.05, 0) is 32.0 Å². The van der Waals surface area contributed by atoms with Gasteiger partial charge in [0.25, 0.3) is 0 Å². The summed E-state index contributed by atoms with van der Waals surface area (Å²) in [4.78, 5) is 6.79. The Kier molecular flexibility index (Phi) is 14.9. The van der Waals surface area contributed by atoms with Crippen LogP contribution in [0.1, 0.15) is 26.3 Å². The van der Waals surface area contributed by atoms with Crippen LogP contribution in [0.4, 0.5) is 0 Å². The molecule has 2 N–H and O–H groups in total. The molecule has 0 amide bonds. The van der Waals surface area contributed by atoms with E-state index >= 15 is 0 Å². The highest BCUT2D eigenvalue weighted by atomic mass is 127. The summed E-state index contributed by atoms with van der Waals surface area (Å²) in [5, 5.41) is 6.75. The molecule has 0 heterocycles. The lowest BCUT2D eigenvalue weighted by atomic mass is 10.0. The number of halogens is 1. The van der Waals surface area contributed by atoms with Gasteiger partial charge >= 0.3 is 0 Å². The molecule has 1 rings (SSSR count). The largest absolute Gasteiger partial charge is 0.380 e. The Balaban J connectivity index is 0.00000576. The highest BCUT2D eigenvalue weighted by Gasteiger charge is 2.16. The van der Waals surface area contributed by atoms with Crippen molar-refractivity contribution in [1.82, 2.24) is 15.5 Å². The van der Waals surface area contributed by atoms with Crippen molar-refractivity contribution < 1.29 is 4.74 Å². The molecule has 0 bridgehead atoms. The standard InChI is InChI=1S/C19H34N4O.HI/c1-5-23(6-2)18(15-17-11-9-8-10-12-17)16-22-19(20-4)21-13-14-24-7-3;/h8-12,18H,5-7,13-16H2,1-4H3,(H2,20,21,22);1H. The maximum absolute atomic E-state index is 5.35. The van der Waals surface area contributed by atoms with Crippen molar-refractivity contribution in [3.8, 4) is 0 Å². The Bertz CT molecular complexity index is 452. The summed E-state index contributed by atoms with van der Waals surface area (Å²) in [6, 6.07) is 11.1. The number of nitrogens with one attached hydrogen (secondary N) is 2. The van der Waals surface area contributed by atoms with Gasteiger partial charge in [0.2, 0.25) is 0 Å². The summed E-state index contributed by atoms with van der Waals surface area (Å²) in [6.07, 6.45) is 1.03. The molecule has 0 spiro atoms. The molecule has 1 atom stereocenters. The number of hydrogen-bond acceptors (Lipinski definition) is 3. The smallest absolute Gasteiger partial charge is 0.191 e.